The Morgan fingerprint density at radius 3 is 2.37 bits per heavy atom. The smallest absolute Gasteiger partial charge is 0.230 e. The van der Waals surface area contributed by atoms with Crippen LogP contribution in [0.2, 0.25) is 0 Å². The normalized spacial score (nSPS) is 13.4. The quantitative estimate of drug-likeness (QED) is 0.790. The number of hydrogen-bond donors (Lipinski definition) is 1. The summed E-state index contributed by atoms with van der Waals surface area (Å²) in [6.45, 7) is 8.97. The third kappa shape index (κ3) is 4.98. The third-order valence-electron chi connectivity index (χ3n) is 3.27. The highest BCUT2D eigenvalue weighted by molar-refractivity contribution is 9.09. The van der Waals surface area contributed by atoms with E-state index >= 15 is 0 Å². The zero-order valence-electron chi connectivity index (χ0n) is 12.2. The second kappa shape index (κ2) is 7.09. The van der Waals surface area contributed by atoms with Gasteiger partial charge in [0, 0.05) is 11.4 Å². The number of rotatable bonds is 6. The zero-order valence-corrected chi connectivity index (χ0v) is 13.8. The number of nitrogens with one attached hydrogen (secondary N) is 1. The van der Waals surface area contributed by atoms with E-state index in [4.69, 9.17) is 0 Å². The lowest BCUT2D eigenvalue weighted by atomic mass is 9.84. The van der Waals surface area contributed by atoms with Gasteiger partial charge in [-0.15, -0.1) is 0 Å². The van der Waals surface area contributed by atoms with E-state index in [0.29, 0.717) is 17.3 Å². The number of benzene rings is 1. The Labute approximate surface area is 125 Å². The Bertz CT molecular complexity index is 400. The molecule has 0 aliphatic carbocycles. The van der Waals surface area contributed by atoms with E-state index in [1.807, 2.05) is 44.2 Å². The molecule has 1 unspecified atom stereocenters. The Morgan fingerprint density at radius 1 is 1.26 bits per heavy atom. The van der Waals surface area contributed by atoms with Crippen molar-refractivity contribution >= 4 is 21.8 Å². The maximum absolute atomic E-state index is 12.3. The molecule has 0 fully saturated rings. The Balaban J connectivity index is 2.58. The van der Waals surface area contributed by atoms with Crippen LogP contribution in [0, 0.1) is 5.92 Å². The van der Waals surface area contributed by atoms with Gasteiger partial charge >= 0.3 is 0 Å². The van der Waals surface area contributed by atoms with E-state index in [9.17, 15) is 4.79 Å². The maximum Gasteiger partial charge on any atom is 0.230 e. The fourth-order valence-electron chi connectivity index (χ4n) is 2.01. The monoisotopic (exact) mass is 325 g/mol. The van der Waals surface area contributed by atoms with Crippen LogP contribution in [0.4, 0.5) is 0 Å². The molecule has 2 nitrogen and oxygen atoms in total. The Morgan fingerprint density at radius 2 is 1.84 bits per heavy atom. The van der Waals surface area contributed by atoms with Crippen molar-refractivity contribution in [3.05, 3.63) is 35.9 Å². The molecular weight excluding hydrogens is 302 g/mol. The summed E-state index contributed by atoms with van der Waals surface area (Å²) in [6.07, 6.45) is 1.06. The van der Waals surface area contributed by atoms with E-state index in [2.05, 4.69) is 35.1 Å². The molecule has 0 bridgehead atoms. The summed E-state index contributed by atoms with van der Waals surface area (Å²) in [4.78, 5) is 12.7. The Hall–Kier alpha value is -0.830. The van der Waals surface area contributed by atoms with Gasteiger partial charge < -0.3 is 5.32 Å². The molecule has 0 saturated heterocycles. The molecule has 1 amide bonds. The van der Waals surface area contributed by atoms with Crippen molar-refractivity contribution in [3.63, 3.8) is 0 Å². The third-order valence-corrected chi connectivity index (χ3v) is 3.97. The molecule has 1 atom stereocenters. The van der Waals surface area contributed by atoms with Crippen molar-refractivity contribution in [3.8, 4) is 0 Å². The summed E-state index contributed by atoms with van der Waals surface area (Å²) in [5, 5.41) is 3.04. The van der Waals surface area contributed by atoms with Crippen LogP contribution in [0.1, 0.15) is 39.7 Å². The summed E-state index contributed by atoms with van der Waals surface area (Å²) in [6, 6.07) is 9.90. The lowest BCUT2D eigenvalue weighted by Gasteiger charge is -2.25. The van der Waals surface area contributed by atoms with Crippen LogP contribution in [-0.4, -0.2) is 17.3 Å². The van der Waals surface area contributed by atoms with E-state index in [-0.39, 0.29) is 5.91 Å². The molecule has 1 aromatic rings. The first kappa shape index (κ1) is 16.2. The summed E-state index contributed by atoms with van der Waals surface area (Å²) < 4.78 is 0. The van der Waals surface area contributed by atoms with E-state index < -0.39 is 5.41 Å². The van der Waals surface area contributed by atoms with Crippen LogP contribution in [0.15, 0.2) is 30.3 Å². The minimum absolute atomic E-state index is 0.0758. The predicted octanol–water partition coefficient (Wildman–Crippen LogP) is 3.89. The molecule has 0 aromatic heterocycles. The number of amides is 1. The van der Waals surface area contributed by atoms with Crippen LogP contribution in [0.25, 0.3) is 0 Å². The van der Waals surface area contributed by atoms with Crippen molar-refractivity contribution in [2.24, 2.45) is 5.92 Å². The second-order valence-corrected chi connectivity index (χ2v) is 7.22. The van der Waals surface area contributed by atoms with Crippen LogP contribution in [0.3, 0.4) is 0 Å². The number of hydrogen-bond acceptors (Lipinski definition) is 1. The van der Waals surface area contributed by atoms with Crippen LogP contribution in [-0.2, 0) is 10.2 Å². The fourth-order valence-corrected chi connectivity index (χ4v) is 2.91. The van der Waals surface area contributed by atoms with E-state index in [1.54, 1.807) is 0 Å². The Kier molecular flexibility index (Phi) is 6.05. The molecule has 19 heavy (non-hydrogen) atoms. The van der Waals surface area contributed by atoms with E-state index in [1.165, 1.54) is 0 Å². The van der Waals surface area contributed by atoms with Gasteiger partial charge in [-0.25, -0.2) is 0 Å². The first-order chi connectivity index (χ1) is 8.84. The van der Waals surface area contributed by atoms with Gasteiger partial charge in [-0.3, -0.25) is 4.79 Å². The second-order valence-electron chi connectivity index (χ2n) is 5.93. The minimum atomic E-state index is -0.494. The summed E-state index contributed by atoms with van der Waals surface area (Å²) >= 11 is 3.62. The first-order valence-corrected chi connectivity index (χ1v) is 7.73. The molecule has 106 valence electrons. The maximum atomic E-state index is 12.3. The lowest BCUT2D eigenvalue weighted by Crippen LogP contribution is -2.42. The van der Waals surface area contributed by atoms with Crippen molar-refractivity contribution in [1.29, 1.82) is 0 Å². The molecule has 3 heteroatoms. The highest BCUT2D eigenvalue weighted by Crippen LogP contribution is 2.23. The SMILES string of the molecule is CC(C)CC(Br)CNC(=O)C(C)(C)c1ccccc1. The largest absolute Gasteiger partial charge is 0.354 e. The van der Waals surface area contributed by atoms with Crippen LogP contribution >= 0.6 is 15.9 Å². The minimum Gasteiger partial charge on any atom is -0.354 e. The standard InChI is InChI=1S/C16H24BrNO/c1-12(2)10-14(17)11-18-15(19)16(3,4)13-8-6-5-7-9-13/h5-9,12,14H,10-11H2,1-4H3,(H,18,19). The van der Waals surface area contributed by atoms with Gasteiger partial charge in [0.25, 0.3) is 0 Å². The van der Waals surface area contributed by atoms with Gasteiger partial charge in [0.15, 0.2) is 0 Å². The van der Waals surface area contributed by atoms with Gasteiger partial charge in [-0.1, -0.05) is 60.1 Å². The molecule has 0 aliphatic heterocycles. The zero-order chi connectivity index (χ0) is 14.5. The number of carbonyl (C=O) groups is 1. The topological polar surface area (TPSA) is 29.1 Å². The summed E-state index contributed by atoms with van der Waals surface area (Å²) in [5.41, 5.74) is 0.550. The number of halogens is 1. The molecular formula is C16H24BrNO. The van der Waals surface area contributed by atoms with Crippen LogP contribution in [0.5, 0.6) is 0 Å². The molecule has 0 heterocycles. The van der Waals surface area contributed by atoms with Crippen LogP contribution < -0.4 is 5.32 Å². The predicted molar refractivity (Wildman–Crippen MR) is 84.6 cm³/mol. The van der Waals surface area contributed by atoms with Gasteiger partial charge in [0.1, 0.15) is 0 Å². The highest BCUT2D eigenvalue weighted by Gasteiger charge is 2.29. The van der Waals surface area contributed by atoms with Crippen molar-refractivity contribution in [2.45, 2.75) is 44.4 Å². The van der Waals surface area contributed by atoms with Crippen molar-refractivity contribution in [1.82, 2.24) is 5.32 Å². The number of carbonyl (C=O) groups excluding carboxylic acids is 1. The lowest BCUT2D eigenvalue weighted by molar-refractivity contribution is -0.125. The molecule has 1 aromatic carbocycles. The van der Waals surface area contributed by atoms with Gasteiger partial charge in [-0.05, 0) is 31.7 Å². The van der Waals surface area contributed by atoms with Crippen molar-refractivity contribution < 1.29 is 4.79 Å². The molecule has 0 spiro atoms. The van der Waals surface area contributed by atoms with Gasteiger partial charge in [-0.2, -0.15) is 0 Å². The number of alkyl halides is 1. The summed E-state index contributed by atoms with van der Waals surface area (Å²) in [5.74, 6) is 0.704. The van der Waals surface area contributed by atoms with E-state index in [0.717, 1.165) is 12.0 Å². The molecule has 0 aliphatic rings. The molecule has 1 rings (SSSR count). The average molecular weight is 326 g/mol. The first-order valence-electron chi connectivity index (χ1n) is 6.82. The molecule has 0 radical (unpaired) electrons. The highest BCUT2D eigenvalue weighted by atomic mass is 79.9. The van der Waals surface area contributed by atoms with Gasteiger partial charge in [0.2, 0.25) is 5.91 Å². The van der Waals surface area contributed by atoms with Gasteiger partial charge in [0.05, 0.1) is 5.41 Å². The molecule has 0 saturated carbocycles. The molecule has 1 N–H and O–H groups in total. The average Bonchev–Trinajstić information content (AvgIpc) is 2.36. The summed E-state index contributed by atoms with van der Waals surface area (Å²) in [7, 11) is 0. The van der Waals surface area contributed by atoms with Crippen molar-refractivity contribution in [2.75, 3.05) is 6.54 Å². The fraction of sp³-hybridized carbons (Fsp3) is 0.562.